The van der Waals surface area contributed by atoms with E-state index in [1.165, 1.54) is 5.57 Å². The van der Waals surface area contributed by atoms with Crippen LogP contribution in [0.4, 0.5) is 0 Å². The van der Waals surface area contributed by atoms with E-state index in [2.05, 4.69) is 19.9 Å². The number of ketones is 2. The number of carbonyl (C=O) groups excluding carboxylic acids is 2. The Morgan fingerprint density at radius 3 is 2.46 bits per heavy atom. The van der Waals surface area contributed by atoms with Gasteiger partial charge >= 0.3 is 5.97 Å². The summed E-state index contributed by atoms with van der Waals surface area (Å²) in [6, 6.07) is 0. The normalized spacial score (nSPS) is 44.7. The standard InChI is InChI=1S/C24H32O4/c1-14-12-22(3)16(11-20(14)26)5-6-17-18(22)7-9-23(4)19(17)8-10-24(23,15(2)25)13-21(27)28/h11-12,17-19H,5-10,13H2,1-4H3,(H,27,28)/t17-,18+,19+,22+,23+,24+/m1/s1. The average molecular weight is 385 g/mol. The highest BCUT2D eigenvalue weighted by Crippen LogP contribution is 2.70. The monoisotopic (exact) mass is 384 g/mol. The minimum absolute atomic E-state index is 0.0390. The van der Waals surface area contributed by atoms with Gasteiger partial charge in [0.15, 0.2) is 5.78 Å². The maximum Gasteiger partial charge on any atom is 0.304 e. The quantitative estimate of drug-likeness (QED) is 0.763. The van der Waals surface area contributed by atoms with Gasteiger partial charge in [-0.2, -0.15) is 0 Å². The summed E-state index contributed by atoms with van der Waals surface area (Å²) >= 11 is 0. The average Bonchev–Trinajstić information content (AvgIpc) is 2.89. The third kappa shape index (κ3) is 2.39. The third-order valence-electron chi connectivity index (χ3n) is 9.35. The summed E-state index contributed by atoms with van der Waals surface area (Å²) in [7, 11) is 0. The molecule has 4 rings (SSSR count). The van der Waals surface area contributed by atoms with Crippen molar-refractivity contribution < 1.29 is 19.5 Å². The van der Waals surface area contributed by atoms with Gasteiger partial charge in [0, 0.05) is 10.8 Å². The van der Waals surface area contributed by atoms with E-state index in [0.717, 1.165) is 37.7 Å². The lowest BCUT2D eigenvalue weighted by Gasteiger charge is -2.58. The Balaban J connectivity index is 1.73. The molecule has 0 spiro atoms. The van der Waals surface area contributed by atoms with Crippen molar-refractivity contribution in [2.45, 2.75) is 72.6 Å². The molecule has 0 aromatic carbocycles. The number of Topliss-reactive ketones (excluding diaryl/α,β-unsaturated/α-hetero) is 1. The molecule has 4 aliphatic rings. The molecular formula is C24H32O4. The molecule has 0 saturated heterocycles. The molecule has 0 amide bonds. The maximum absolute atomic E-state index is 12.8. The Morgan fingerprint density at radius 2 is 1.82 bits per heavy atom. The summed E-state index contributed by atoms with van der Waals surface area (Å²) in [4.78, 5) is 36.7. The number of carbonyl (C=O) groups is 3. The van der Waals surface area contributed by atoms with E-state index < -0.39 is 11.4 Å². The van der Waals surface area contributed by atoms with E-state index in [0.29, 0.717) is 24.2 Å². The molecule has 0 heterocycles. The number of carboxylic acids is 1. The summed E-state index contributed by atoms with van der Waals surface area (Å²) in [6.07, 6.45) is 9.56. The van der Waals surface area contributed by atoms with Crippen LogP contribution in [0.25, 0.3) is 0 Å². The van der Waals surface area contributed by atoms with Crippen molar-refractivity contribution in [1.82, 2.24) is 0 Å². The molecule has 152 valence electrons. The van der Waals surface area contributed by atoms with Gasteiger partial charge in [-0.3, -0.25) is 14.4 Å². The first-order valence-electron chi connectivity index (χ1n) is 10.7. The lowest BCUT2D eigenvalue weighted by atomic mass is 9.45. The Kier molecular flexibility index (Phi) is 4.30. The second-order valence-electron chi connectivity index (χ2n) is 10.3. The topological polar surface area (TPSA) is 71.4 Å². The van der Waals surface area contributed by atoms with Gasteiger partial charge in [0.05, 0.1) is 6.42 Å². The van der Waals surface area contributed by atoms with E-state index in [-0.39, 0.29) is 28.8 Å². The van der Waals surface area contributed by atoms with Crippen molar-refractivity contribution in [3.05, 3.63) is 23.3 Å². The summed E-state index contributed by atoms with van der Waals surface area (Å²) < 4.78 is 0. The number of rotatable bonds is 3. The second-order valence-corrected chi connectivity index (χ2v) is 10.3. The van der Waals surface area contributed by atoms with Crippen LogP contribution in [-0.4, -0.2) is 22.6 Å². The zero-order chi connectivity index (χ0) is 20.5. The summed E-state index contributed by atoms with van der Waals surface area (Å²) in [6.45, 7) is 8.01. The van der Waals surface area contributed by atoms with Gasteiger partial charge in [-0.25, -0.2) is 0 Å². The fourth-order valence-corrected chi connectivity index (χ4v) is 7.87. The highest BCUT2D eigenvalue weighted by Gasteiger charge is 2.65. The molecule has 28 heavy (non-hydrogen) atoms. The van der Waals surface area contributed by atoms with Crippen LogP contribution in [0.1, 0.15) is 72.6 Å². The first-order chi connectivity index (χ1) is 13.0. The molecular weight excluding hydrogens is 352 g/mol. The Labute approximate surface area is 167 Å². The van der Waals surface area contributed by atoms with E-state index in [1.54, 1.807) is 6.92 Å². The minimum atomic E-state index is -0.857. The number of hydrogen-bond donors (Lipinski definition) is 1. The van der Waals surface area contributed by atoms with Crippen LogP contribution in [-0.2, 0) is 14.4 Å². The number of carboxylic acid groups (broad SMARTS) is 1. The minimum Gasteiger partial charge on any atom is -0.481 e. The molecule has 0 radical (unpaired) electrons. The Hall–Kier alpha value is -1.71. The highest BCUT2D eigenvalue weighted by molar-refractivity contribution is 6.05. The summed E-state index contributed by atoms with van der Waals surface area (Å²) in [5.74, 6) is 0.697. The third-order valence-corrected chi connectivity index (χ3v) is 9.35. The van der Waals surface area contributed by atoms with Gasteiger partial charge in [-0.05, 0) is 87.2 Å². The zero-order valence-corrected chi connectivity index (χ0v) is 17.5. The van der Waals surface area contributed by atoms with Gasteiger partial charge in [0.1, 0.15) is 5.78 Å². The van der Waals surface area contributed by atoms with Crippen LogP contribution in [0.3, 0.4) is 0 Å². The molecule has 0 aromatic heterocycles. The van der Waals surface area contributed by atoms with Crippen molar-refractivity contribution in [3.63, 3.8) is 0 Å². The maximum atomic E-state index is 12.8. The van der Waals surface area contributed by atoms with Gasteiger partial charge < -0.3 is 5.11 Å². The van der Waals surface area contributed by atoms with Crippen LogP contribution < -0.4 is 0 Å². The van der Waals surface area contributed by atoms with Crippen molar-refractivity contribution in [2.75, 3.05) is 0 Å². The Bertz CT molecular complexity index is 820. The first kappa shape index (κ1) is 19.6. The van der Waals surface area contributed by atoms with Crippen LogP contribution >= 0.6 is 0 Å². The zero-order valence-electron chi connectivity index (χ0n) is 17.5. The molecule has 4 aliphatic carbocycles. The van der Waals surface area contributed by atoms with Crippen LogP contribution in [0.15, 0.2) is 23.3 Å². The fraction of sp³-hybridized carbons (Fsp3) is 0.708. The van der Waals surface area contributed by atoms with Crippen LogP contribution in [0, 0.1) is 34.0 Å². The highest BCUT2D eigenvalue weighted by atomic mass is 16.4. The van der Waals surface area contributed by atoms with Crippen molar-refractivity contribution in [2.24, 2.45) is 34.0 Å². The molecule has 0 aromatic rings. The lowest BCUT2D eigenvalue weighted by Crippen LogP contribution is -2.54. The van der Waals surface area contributed by atoms with Gasteiger partial charge in [0.2, 0.25) is 0 Å². The molecule has 0 unspecified atom stereocenters. The largest absolute Gasteiger partial charge is 0.481 e. The SMILES string of the molecule is CC(=O)[C@@]1(CC(=O)O)CC[C@H]2[C@@H]3CCC4=CC(=O)C(C)=C[C@]4(C)[C@H]3CC[C@@]21C. The van der Waals surface area contributed by atoms with Crippen molar-refractivity contribution >= 4 is 17.5 Å². The molecule has 3 saturated carbocycles. The van der Waals surface area contributed by atoms with E-state index >= 15 is 0 Å². The second kappa shape index (κ2) is 6.14. The molecule has 6 atom stereocenters. The van der Waals surface area contributed by atoms with E-state index in [4.69, 9.17) is 0 Å². The number of allylic oxidation sites excluding steroid dienone is 4. The van der Waals surface area contributed by atoms with Gasteiger partial charge in [-0.15, -0.1) is 0 Å². The van der Waals surface area contributed by atoms with Gasteiger partial charge in [0.25, 0.3) is 0 Å². The Morgan fingerprint density at radius 1 is 1.14 bits per heavy atom. The number of hydrogen-bond acceptors (Lipinski definition) is 3. The fourth-order valence-electron chi connectivity index (χ4n) is 7.87. The number of aliphatic carboxylic acids is 1. The summed E-state index contributed by atoms with van der Waals surface area (Å²) in [5, 5.41) is 9.58. The molecule has 1 N–H and O–H groups in total. The van der Waals surface area contributed by atoms with Gasteiger partial charge in [-0.1, -0.05) is 25.5 Å². The van der Waals surface area contributed by atoms with Crippen molar-refractivity contribution in [1.29, 1.82) is 0 Å². The number of fused-ring (bicyclic) bond motifs is 5. The first-order valence-corrected chi connectivity index (χ1v) is 10.7. The summed E-state index contributed by atoms with van der Waals surface area (Å²) in [5.41, 5.74) is 1.08. The van der Waals surface area contributed by atoms with Crippen LogP contribution in [0.2, 0.25) is 0 Å². The predicted octanol–water partition coefficient (Wildman–Crippen LogP) is 4.73. The molecule has 3 fully saturated rings. The molecule has 0 bridgehead atoms. The molecule has 4 nitrogen and oxygen atoms in total. The molecule has 4 heteroatoms. The van der Waals surface area contributed by atoms with E-state index in [9.17, 15) is 19.5 Å². The smallest absolute Gasteiger partial charge is 0.304 e. The van der Waals surface area contributed by atoms with Crippen molar-refractivity contribution in [3.8, 4) is 0 Å². The lowest BCUT2D eigenvalue weighted by molar-refractivity contribution is -0.154. The van der Waals surface area contributed by atoms with E-state index in [1.807, 2.05) is 13.0 Å². The predicted molar refractivity (Wildman–Crippen MR) is 107 cm³/mol. The van der Waals surface area contributed by atoms with Crippen LogP contribution in [0.5, 0.6) is 0 Å². The molecule has 0 aliphatic heterocycles.